The number of fused-ring (bicyclic) bond motifs is 1. The first kappa shape index (κ1) is 29.0. The third-order valence-electron chi connectivity index (χ3n) is 7.30. The number of rotatable bonds is 12. The van der Waals surface area contributed by atoms with Crippen LogP contribution in [0.1, 0.15) is 76.6 Å². The zero-order valence-corrected chi connectivity index (χ0v) is 23.8. The average molecular weight is 542 g/mol. The maximum absolute atomic E-state index is 12.7. The number of nitrogens with one attached hydrogen (secondary N) is 3. The fourth-order valence-electron chi connectivity index (χ4n) is 5.13. The Balaban J connectivity index is 1.35. The molecule has 210 valence electrons. The van der Waals surface area contributed by atoms with E-state index in [9.17, 15) is 14.7 Å². The van der Waals surface area contributed by atoms with E-state index in [2.05, 4.69) is 46.4 Å². The number of carbonyl (C=O) groups excluding carboxylic acids is 2. The minimum atomic E-state index is -0.672. The van der Waals surface area contributed by atoms with Gasteiger partial charge in [-0.25, -0.2) is 9.97 Å². The van der Waals surface area contributed by atoms with Crippen molar-refractivity contribution in [1.29, 1.82) is 0 Å². The van der Waals surface area contributed by atoms with Crippen molar-refractivity contribution >= 4 is 34.4 Å². The molecule has 4 N–H and O–H groups in total. The van der Waals surface area contributed by atoms with Crippen molar-refractivity contribution in [2.24, 2.45) is 5.41 Å². The van der Waals surface area contributed by atoms with Crippen molar-refractivity contribution in [3.05, 3.63) is 72.4 Å². The Kier molecular flexibility index (Phi) is 9.00. The predicted octanol–water partition coefficient (Wildman–Crippen LogP) is 6.95. The van der Waals surface area contributed by atoms with Gasteiger partial charge in [0.05, 0.1) is 16.6 Å². The van der Waals surface area contributed by atoms with Gasteiger partial charge in [0.15, 0.2) is 0 Å². The number of nitrogens with zero attached hydrogens (tertiary/aromatic N) is 2. The minimum Gasteiger partial charge on any atom is -0.390 e. The second-order valence-corrected chi connectivity index (χ2v) is 11.3. The zero-order valence-electron chi connectivity index (χ0n) is 23.8. The highest BCUT2D eigenvalue weighted by molar-refractivity contribution is 6.05. The SMILES string of the molecule is CCCC(O)(CC)CC(C)(C)CCC(=O)Nc1ccc(-c2nc3ccc(C(=O)Nc4ccccn4)cc3[nH]2)cc1. The first-order valence-corrected chi connectivity index (χ1v) is 13.9. The van der Waals surface area contributed by atoms with Gasteiger partial charge in [-0.2, -0.15) is 0 Å². The van der Waals surface area contributed by atoms with E-state index in [1.165, 1.54) is 0 Å². The van der Waals surface area contributed by atoms with Gasteiger partial charge in [-0.05, 0) is 85.7 Å². The number of aliphatic hydroxyl groups is 1. The number of imidazole rings is 1. The van der Waals surface area contributed by atoms with Crippen LogP contribution in [-0.4, -0.2) is 37.5 Å². The molecule has 4 rings (SSSR count). The summed E-state index contributed by atoms with van der Waals surface area (Å²) in [6, 6.07) is 18.2. The molecule has 2 aromatic carbocycles. The Hall–Kier alpha value is -4.04. The van der Waals surface area contributed by atoms with Gasteiger partial charge < -0.3 is 20.7 Å². The van der Waals surface area contributed by atoms with Crippen LogP contribution in [0.25, 0.3) is 22.4 Å². The number of amides is 2. The highest BCUT2D eigenvalue weighted by Gasteiger charge is 2.32. The van der Waals surface area contributed by atoms with Gasteiger partial charge in [0.1, 0.15) is 11.6 Å². The highest BCUT2D eigenvalue weighted by atomic mass is 16.3. The lowest BCUT2D eigenvalue weighted by atomic mass is 9.74. The molecule has 2 amide bonds. The van der Waals surface area contributed by atoms with E-state index < -0.39 is 5.60 Å². The molecule has 0 aliphatic carbocycles. The first-order valence-electron chi connectivity index (χ1n) is 13.9. The van der Waals surface area contributed by atoms with Gasteiger partial charge in [0.2, 0.25) is 5.91 Å². The van der Waals surface area contributed by atoms with Crippen LogP contribution in [0.4, 0.5) is 11.5 Å². The monoisotopic (exact) mass is 541 g/mol. The Morgan fingerprint density at radius 2 is 1.75 bits per heavy atom. The molecule has 0 fully saturated rings. The summed E-state index contributed by atoms with van der Waals surface area (Å²) in [5.74, 6) is 0.871. The number of pyridine rings is 1. The second kappa shape index (κ2) is 12.4. The lowest BCUT2D eigenvalue weighted by Crippen LogP contribution is -2.34. The van der Waals surface area contributed by atoms with Gasteiger partial charge in [0.25, 0.3) is 5.91 Å². The van der Waals surface area contributed by atoms with Gasteiger partial charge in [-0.3, -0.25) is 9.59 Å². The molecule has 0 aliphatic heterocycles. The summed E-state index contributed by atoms with van der Waals surface area (Å²) in [7, 11) is 0. The van der Waals surface area contributed by atoms with Gasteiger partial charge >= 0.3 is 0 Å². The molecule has 0 saturated heterocycles. The van der Waals surface area contributed by atoms with E-state index in [0.29, 0.717) is 42.2 Å². The van der Waals surface area contributed by atoms with Crippen LogP contribution in [-0.2, 0) is 4.79 Å². The van der Waals surface area contributed by atoms with E-state index in [4.69, 9.17) is 0 Å². The zero-order chi connectivity index (χ0) is 28.8. The molecule has 0 spiro atoms. The summed E-state index contributed by atoms with van der Waals surface area (Å²) in [6.07, 6.45) is 5.83. The lowest BCUT2D eigenvalue weighted by Gasteiger charge is -2.36. The normalized spacial score (nSPS) is 13.1. The Morgan fingerprint density at radius 1 is 0.975 bits per heavy atom. The number of hydrogen-bond acceptors (Lipinski definition) is 5. The Morgan fingerprint density at radius 3 is 2.42 bits per heavy atom. The second-order valence-electron chi connectivity index (χ2n) is 11.3. The third-order valence-corrected chi connectivity index (χ3v) is 7.30. The first-order chi connectivity index (χ1) is 19.1. The maximum atomic E-state index is 12.7. The quantitative estimate of drug-likeness (QED) is 0.155. The fraction of sp³-hybridized carbons (Fsp3) is 0.375. The molecule has 2 heterocycles. The van der Waals surface area contributed by atoms with Crippen LogP contribution < -0.4 is 10.6 Å². The molecule has 2 aromatic heterocycles. The van der Waals surface area contributed by atoms with Crippen molar-refractivity contribution in [3.8, 4) is 11.4 Å². The van der Waals surface area contributed by atoms with Gasteiger partial charge in [-0.15, -0.1) is 0 Å². The lowest BCUT2D eigenvalue weighted by molar-refractivity contribution is -0.117. The summed E-state index contributed by atoms with van der Waals surface area (Å²) in [5, 5.41) is 16.7. The molecule has 1 atom stereocenters. The largest absolute Gasteiger partial charge is 0.390 e. The minimum absolute atomic E-state index is 0.0448. The molecule has 8 heteroatoms. The number of anilines is 2. The Bertz CT molecular complexity index is 1450. The van der Waals surface area contributed by atoms with Gasteiger partial charge in [0, 0.05) is 29.4 Å². The van der Waals surface area contributed by atoms with E-state index in [0.717, 1.165) is 35.9 Å². The average Bonchev–Trinajstić information content (AvgIpc) is 3.36. The maximum Gasteiger partial charge on any atom is 0.256 e. The van der Waals surface area contributed by atoms with Crippen molar-refractivity contribution in [2.75, 3.05) is 10.6 Å². The van der Waals surface area contributed by atoms with Crippen molar-refractivity contribution < 1.29 is 14.7 Å². The molecule has 4 aromatic rings. The summed E-state index contributed by atoms with van der Waals surface area (Å²) >= 11 is 0. The number of carbonyl (C=O) groups is 2. The summed E-state index contributed by atoms with van der Waals surface area (Å²) in [5.41, 5.74) is 2.77. The molecular weight excluding hydrogens is 502 g/mol. The molecule has 0 bridgehead atoms. The number of aromatic nitrogens is 3. The number of benzene rings is 2. The van der Waals surface area contributed by atoms with E-state index >= 15 is 0 Å². The topological polar surface area (TPSA) is 120 Å². The third kappa shape index (κ3) is 7.54. The van der Waals surface area contributed by atoms with E-state index in [1.807, 2.05) is 43.3 Å². The molecule has 0 radical (unpaired) electrons. The Labute approximate surface area is 235 Å². The molecule has 1 unspecified atom stereocenters. The van der Waals surface area contributed by atoms with E-state index in [-0.39, 0.29) is 17.2 Å². The van der Waals surface area contributed by atoms with Crippen molar-refractivity contribution in [2.45, 2.75) is 71.8 Å². The van der Waals surface area contributed by atoms with Crippen LogP contribution in [0.2, 0.25) is 0 Å². The number of aromatic amines is 1. The number of H-pyrrole nitrogens is 1. The standard InChI is InChI=1S/C32H39N5O3/c1-5-17-32(40,6-2)21-31(3,4)18-16-28(38)34-24-13-10-22(11-14-24)29-35-25-15-12-23(20-26(25)36-29)30(39)37-27-9-7-8-19-33-27/h7-15,19-20,40H,5-6,16-18,21H2,1-4H3,(H,34,38)(H,35,36)(H,33,37,39). The highest BCUT2D eigenvalue weighted by Crippen LogP contribution is 2.36. The fourth-order valence-corrected chi connectivity index (χ4v) is 5.13. The van der Waals surface area contributed by atoms with Crippen molar-refractivity contribution in [3.63, 3.8) is 0 Å². The van der Waals surface area contributed by atoms with E-state index in [1.54, 1.807) is 30.5 Å². The van der Waals surface area contributed by atoms with Crippen LogP contribution >= 0.6 is 0 Å². The van der Waals surface area contributed by atoms with Crippen LogP contribution in [0, 0.1) is 5.41 Å². The molecular formula is C32H39N5O3. The van der Waals surface area contributed by atoms with Crippen LogP contribution in [0.5, 0.6) is 0 Å². The molecule has 0 aliphatic rings. The molecule has 8 nitrogen and oxygen atoms in total. The summed E-state index contributed by atoms with van der Waals surface area (Å²) < 4.78 is 0. The summed E-state index contributed by atoms with van der Waals surface area (Å²) in [4.78, 5) is 37.4. The van der Waals surface area contributed by atoms with Gasteiger partial charge in [-0.1, -0.05) is 40.2 Å². The number of hydrogen-bond donors (Lipinski definition) is 4. The van der Waals surface area contributed by atoms with Crippen LogP contribution in [0.15, 0.2) is 66.9 Å². The smallest absolute Gasteiger partial charge is 0.256 e. The molecule has 0 saturated carbocycles. The van der Waals surface area contributed by atoms with Crippen molar-refractivity contribution in [1.82, 2.24) is 15.0 Å². The predicted molar refractivity (Wildman–Crippen MR) is 160 cm³/mol. The molecule has 40 heavy (non-hydrogen) atoms. The summed E-state index contributed by atoms with van der Waals surface area (Å²) in [6.45, 7) is 8.35. The van der Waals surface area contributed by atoms with Crippen LogP contribution in [0.3, 0.4) is 0 Å².